The zero-order valence-corrected chi connectivity index (χ0v) is 21.9. The smallest absolute Gasteiger partial charge is 0.355 e. The monoisotopic (exact) mass is 518 g/mol. The van der Waals surface area contributed by atoms with Crippen molar-refractivity contribution < 1.29 is 29.0 Å². The van der Waals surface area contributed by atoms with Gasteiger partial charge in [-0.25, -0.2) is 9.78 Å². The van der Waals surface area contributed by atoms with Crippen molar-refractivity contribution in [1.82, 2.24) is 9.55 Å². The van der Waals surface area contributed by atoms with Crippen molar-refractivity contribution in [3.63, 3.8) is 0 Å². The molecule has 1 atom stereocenters. The second kappa shape index (κ2) is 9.38. The first-order valence-corrected chi connectivity index (χ1v) is 12.9. The third kappa shape index (κ3) is 3.88. The number of carbonyl (C=O) groups is 3. The number of nitrogens with zero attached hydrogens (tertiary/aromatic N) is 2. The zero-order valence-electron chi connectivity index (χ0n) is 21.9. The van der Waals surface area contributed by atoms with Crippen LogP contribution in [-0.4, -0.2) is 32.4 Å². The standard InChI is InChI=1S/C29H30N2O7/c1-5-17-18-11-16(32)7-8-22(18)30-26-19(17)13-31-23(26)12-21-20(27(31)35)14-37-28(36)29(21,6-2)38-25(34)10-9-24(33)15(3)4/h7-8,11-12,15,32H,5-6,9-10,13-14H2,1-4H3/t29-/m0/s1. The van der Waals surface area contributed by atoms with Crippen molar-refractivity contribution in [1.29, 1.82) is 0 Å². The predicted octanol–water partition coefficient (Wildman–Crippen LogP) is 3.90. The molecule has 0 unspecified atom stereocenters. The highest BCUT2D eigenvalue weighted by molar-refractivity contribution is 5.91. The average molecular weight is 519 g/mol. The SMILES string of the molecule is CCc1c2c(nc3ccc(O)cc13)-c1cc3c(c(=O)n1C2)COC(=O)[C@@]3(CC)OC(=O)CCC(=O)C(C)C. The molecule has 0 aliphatic carbocycles. The number of ether oxygens (including phenoxy) is 2. The fourth-order valence-corrected chi connectivity index (χ4v) is 5.47. The van der Waals surface area contributed by atoms with E-state index >= 15 is 0 Å². The van der Waals surface area contributed by atoms with Crippen molar-refractivity contribution >= 4 is 28.6 Å². The van der Waals surface area contributed by atoms with Gasteiger partial charge < -0.3 is 19.1 Å². The van der Waals surface area contributed by atoms with E-state index in [1.54, 1.807) is 49.6 Å². The lowest BCUT2D eigenvalue weighted by Gasteiger charge is -2.35. The number of phenols is 1. The van der Waals surface area contributed by atoms with E-state index in [9.17, 15) is 24.3 Å². The fraction of sp³-hybridized carbons (Fsp3) is 0.414. The summed E-state index contributed by atoms with van der Waals surface area (Å²) in [5.41, 5.74) is 2.13. The van der Waals surface area contributed by atoms with Gasteiger partial charge in [-0.3, -0.25) is 14.4 Å². The number of cyclic esters (lactones) is 1. The first-order valence-electron chi connectivity index (χ1n) is 12.9. The van der Waals surface area contributed by atoms with Crippen LogP contribution in [0.25, 0.3) is 22.3 Å². The number of aryl methyl sites for hydroxylation is 1. The third-order valence-corrected chi connectivity index (χ3v) is 7.62. The number of ketones is 1. The van der Waals surface area contributed by atoms with Crippen LogP contribution in [0.2, 0.25) is 0 Å². The van der Waals surface area contributed by atoms with Gasteiger partial charge in [-0.05, 0) is 42.7 Å². The Morgan fingerprint density at radius 3 is 2.61 bits per heavy atom. The van der Waals surface area contributed by atoms with Crippen LogP contribution in [0.3, 0.4) is 0 Å². The fourth-order valence-electron chi connectivity index (χ4n) is 5.47. The van der Waals surface area contributed by atoms with Gasteiger partial charge in [-0.1, -0.05) is 27.7 Å². The summed E-state index contributed by atoms with van der Waals surface area (Å²) in [5, 5.41) is 10.9. The Balaban J connectivity index is 1.64. The molecule has 0 fully saturated rings. The summed E-state index contributed by atoms with van der Waals surface area (Å²) in [7, 11) is 0. The summed E-state index contributed by atoms with van der Waals surface area (Å²) in [5.74, 6) is -1.60. The highest BCUT2D eigenvalue weighted by Crippen LogP contribution is 2.42. The molecule has 0 saturated heterocycles. The molecular formula is C29H30N2O7. The van der Waals surface area contributed by atoms with Crippen molar-refractivity contribution in [3.05, 3.63) is 56.9 Å². The minimum atomic E-state index is -1.79. The molecule has 2 aliphatic rings. The number of hydrogen-bond acceptors (Lipinski definition) is 8. The summed E-state index contributed by atoms with van der Waals surface area (Å²) in [6.45, 7) is 7.28. The molecule has 1 aromatic carbocycles. The molecule has 0 amide bonds. The first-order chi connectivity index (χ1) is 18.1. The Labute approximate surface area is 219 Å². The van der Waals surface area contributed by atoms with Gasteiger partial charge in [0.2, 0.25) is 5.60 Å². The van der Waals surface area contributed by atoms with Gasteiger partial charge in [-0.15, -0.1) is 0 Å². The van der Waals surface area contributed by atoms with Crippen molar-refractivity contribution in [3.8, 4) is 17.1 Å². The predicted molar refractivity (Wildman–Crippen MR) is 139 cm³/mol. The Bertz CT molecular complexity index is 1570. The summed E-state index contributed by atoms with van der Waals surface area (Å²) in [4.78, 5) is 56.6. The number of aromatic hydroxyl groups is 1. The minimum absolute atomic E-state index is 0.00472. The lowest BCUT2D eigenvalue weighted by Crippen LogP contribution is -2.47. The van der Waals surface area contributed by atoms with Gasteiger partial charge in [0, 0.05) is 28.9 Å². The highest BCUT2D eigenvalue weighted by atomic mass is 16.6. The number of fused-ring (bicyclic) bond motifs is 5. The maximum Gasteiger partial charge on any atom is 0.355 e. The molecular weight excluding hydrogens is 488 g/mol. The molecule has 0 bridgehead atoms. The number of carbonyl (C=O) groups excluding carboxylic acids is 3. The van der Waals surface area contributed by atoms with Crippen molar-refractivity contribution in [2.75, 3.05) is 0 Å². The van der Waals surface area contributed by atoms with Gasteiger partial charge in [0.15, 0.2) is 0 Å². The van der Waals surface area contributed by atoms with Crippen LogP contribution < -0.4 is 5.56 Å². The Kier molecular flexibility index (Phi) is 6.33. The van der Waals surface area contributed by atoms with Crippen molar-refractivity contribution in [2.24, 2.45) is 5.92 Å². The van der Waals surface area contributed by atoms with Crippen molar-refractivity contribution in [2.45, 2.75) is 72.1 Å². The van der Waals surface area contributed by atoms with E-state index in [0.29, 0.717) is 35.4 Å². The average Bonchev–Trinajstić information content (AvgIpc) is 3.26. The van der Waals surface area contributed by atoms with Crippen LogP contribution in [0.4, 0.5) is 0 Å². The Morgan fingerprint density at radius 2 is 1.92 bits per heavy atom. The van der Waals surface area contributed by atoms with E-state index in [2.05, 4.69) is 0 Å². The number of aromatic nitrogens is 2. The third-order valence-electron chi connectivity index (χ3n) is 7.62. The number of phenolic OH excluding ortho intramolecular Hbond substituents is 1. The van der Waals surface area contributed by atoms with E-state index in [1.807, 2.05) is 6.92 Å². The van der Waals surface area contributed by atoms with Crippen LogP contribution in [-0.2, 0) is 49.0 Å². The Hall–Kier alpha value is -4.01. The van der Waals surface area contributed by atoms with Crippen LogP contribution in [0.1, 0.15) is 69.2 Å². The largest absolute Gasteiger partial charge is 0.508 e. The van der Waals surface area contributed by atoms with Gasteiger partial charge in [-0.2, -0.15) is 0 Å². The second-order valence-electron chi connectivity index (χ2n) is 10.1. The van der Waals surface area contributed by atoms with E-state index in [0.717, 1.165) is 16.5 Å². The van der Waals surface area contributed by atoms with Gasteiger partial charge in [0.1, 0.15) is 18.1 Å². The molecule has 2 aliphatic heterocycles. The van der Waals surface area contributed by atoms with E-state index in [-0.39, 0.29) is 54.4 Å². The molecule has 0 saturated carbocycles. The summed E-state index contributed by atoms with van der Waals surface area (Å²) in [6, 6.07) is 6.70. The number of rotatable bonds is 7. The number of pyridine rings is 2. The molecule has 9 heteroatoms. The molecule has 0 radical (unpaired) electrons. The summed E-state index contributed by atoms with van der Waals surface area (Å²) in [6.07, 6.45) is 0.558. The number of esters is 2. The topological polar surface area (TPSA) is 125 Å². The van der Waals surface area contributed by atoms with Crippen LogP contribution in [0.5, 0.6) is 5.75 Å². The lowest BCUT2D eigenvalue weighted by atomic mass is 9.85. The van der Waals surface area contributed by atoms with Crippen LogP contribution in [0.15, 0.2) is 29.1 Å². The molecule has 5 rings (SSSR count). The minimum Gasteiger partial charge on any atom is -0.508 e. The number of benzene rings is 1. The summed E-state index contributed by atoms with van der Waals surface area (Å²) >= 11 is 0. The maximum absolute atomic E-state index is 13.7. The maximum atomic E-state index is 13.7. The quantitative estimate of drug-likeness (QED) is 0.365. The molecule has 9 nitrogen and oxygen atoms in total. The van der Waals surface area contributed by atoms with Crippen LogP contribution >= 0.6 is 0 Å². The first kappa shape index (κ1) is 25.6. The molecule has 198 valence electrons. The Morgan fingerprint density at radius 1 is 1.16 bits per heavy atom. The number of hydrogen-bond donors (Lipinski definition) is 1. The molecule has 2 aromatic heterocycles. The van der Waals surface area contributed by atoms with E-state index in [1.165, 1.54) is 0 Å². The van der Waals surface area contributed by atoms with E-state index < -0.39 is 17.5 Å². The molecule has 38 heavy (non-hydrogen) atoms. The number of Topliss-reactive ketones (excluding diaryl/α,β-unsaturated/α-hetero) is 1. The van der Waals surface area contributed by atoms with Gasteiger partial charge in [0.05, 0.1) is 35.4 Å². The zero-order chi connectivity index (χ0) is 27.4. The van der Waals surface area contributed by atoms with Gasteiger partial charge >= 0.3 is 11.9 Å². The second-order valence-corrected chi connectivity index (χ2v) is 10.1. The molecule has 3 aromatic rings. The molecule has 4 heterocycles. The normalized spacial score (nSPS) is 17.7. The van der Waals surface area contributed by atoms with E-state index in [4.69, 9.17) is 14.5 Å². The van der Waals surface area contributed by atoms with Crippen LogP contribution in [0, 0.1) is 5.92 Å². The highest BCUT2D eigenvalue weighted by Gasteiger charge is 2.50. The molecule has 0 spiro atoms. The van der Waals surface area contributed by atoms with Gasteiger partial charge in [0.25, 0.3) is 5.56 Å². The molecule has 1 N–H and O–H groups in total. The lowest BCUT2D eigenvalue weighted by molar-refractivity contribution is -0.189. The summed E-state index contributed by atoms with van der Waals surface area (Å²) < 4.78 is 12.7.